The summed E-state index contributed by atoms with van der Waals surface area (Å²) < 4.78 is 32.3. The van der Waals surface area contributed by atoms with Crippen molar-refractivity contribution < 1.29 is 13.2 Å². The number of hydrogen-bond acceptors (Lipinski definition) is 6. The van der Waals surface area contributed by atoms with E-state index < -0.39 is 10.0 Å². The molecule has 0 spiro atoms. The second kappa shape index (κ2) is 5.29. The van der Waals surface area contributed by atoms with Crippen LogP contribution in [0.3, 0.4) is 0 Å². The van der Waals surface area contributed by atoms with Crippen molar-refractivity contribution in [2.45, 2.75) is 18.7 Å². The highest BCUT2D eigenvalue weighted by molar-refractivity contribution is 7.93. The second-order valence-corrected chi connectivity index (χ2v) is 7.13. The number of nitrogens with two attached hydrogens (primary N) is 1. The van der Waals surface area contributed by atoms with Gasteiger partial charge in [-0.3, -0.25) is 4.72 Å². The lowest BCUT2D eigenvalue weighted by Crippen LogP contribution is -2.14. The molecular formula is C12H15N3O3S2. The van der Waals surface area contributed by atoms with Crippen molar-refractivity contribution in [3.8, 4) is 5.75 Å². The van der Waals surface area contributed by atoms with Gasteiger partial charge in [-0.25, -0.2) is 13.4 Å². The number of nitrogen functional groups attached to an aromatic ring is 1. The number of aromatic nitrogens is 1. The Morgan fingerprint density at radius 2 is 2.05 bits per heavy atom. The lowest BCUT2D eigenvalue weighted by molar-refractivity contribution is 0.402. The number of rotatable bonds is 4. The van der Waals surface area contributed by atoms with E-state index >= 15 is 0 Å². The van der Waals surface area contributed by atoms with E-state index in [1.807, 2.05) is 6.92 Å². The first-order chi connectivity index (χ1) is 9.33. The third kappa shape index (κ3) is 2.86. The highest BCUT2D eigenvalue weighted by Crippen LogP contribution is 2.30. The van der Waals surface area contributed by atoms with Crippen molar-refractivity contribution in [1.29, 1.82) is 0 Å². The number of nitrogens with zero attached hydrogens (tertiary/aromatic N) is 1. The molecule has 0 fully saturated rings. The maximum absolute atomic E-state index is 12.4. The van der Waals surface area contributed by atoms with Crippen LogP contribution in [-0.4, -0.2) is 20.5 Å². The molecule has 108 valence electrons. The van der Waals surface area contributed by atoms with Gasteiger partial charge in [0.05, 0.1) is 7.11 Å². The lowest BCUT2D eigenvalue weighted by Gasteiger charge is -2.12. The summed E-state index contributed by atoms with van der Waals surface area (Å²) in [5.74, 6) is 0.248. The molecule has 0 saturated carbocycles. The highest BCUT2D eigenvalue weighted by Gasteiger charge is 2.22. The van der Waals surface area contributed by atoms with Crippen LogP contribution in [0.1, 0.15) is 10.4 Å². The Kier molecular flexibility index (Phi) is 3.87. The van der Waals surface area contributed by atoms with Gasteiger partial charge in [0, 0.05) is 16.8 Å². The first kappa shape index (κ1) is 14.6. The third-order valence-electron chi connectivity index (χ3n) is 2.68. The zero-order chi connectivity index (χ0) is 14.9. The maximum atomic E-state index is 12.4. The van der Waals surface area contributed by atoms with Crippen molar-refractivity contribution in [3.63, 3.8) is 0 Å². The number of thiazole rings is 1. The minimum Gasteiger partial charge on any atom is -0.495 e. The van der Waals surface area contributed by atoms with Crippen LogP contribution in [-0.2, 0) is 10.0 Å². The fraction of sp³-hybridized carbons (Fsp3) is 0.250. The van der Waals surface area contributed by atoms with Crippen LogP contribution >= 0.6 is 11.3 Å². The molecule has 2 rings (SSSR count). The van der Waals surface area contributed by atoms with Crippen LogP contribution < -0.4 is 15.2 Å². The topological polar surface area (TPSA) is 94.3 Å². The third-order valence-corrected chi connectivity index (χ3v) is 5.00. The van der Waals surface area contributed by atoms with Crippen molar-refractivity contribution in [2.24, 2.45) is 0 Å². The minimum atomic E-state index is -3.79. The first-order valence-corrected chi connectivity index (χ1v) is 8.03. The molecule has 0 aliphatic heterocycles. The number of methoxy groups -OCH3 is 1. The zero-order valence-corrected chi connectivity index (χ0v) is 12.9. The molecule has 1 heterocycles. The molecule has 0 radical (unpaired) electrons. The van der Waals surface area contributed by atoms with Gasteiger partial charge in [0.15, 0.2) is 5.13 Å². The minimum absolute atomic E-state index is 0.00375. The summed E-state index contributed by atoms with van der Waals surface area (Å²) >= 11 is 1.26. The fourth-order valence-electron chi connectivity index (χ4n) is 1.62. The lowest BCUT2D eigenvalue weighted by atomic mass is 10.2. The molecule has 0 unspecified atom stereocenters. The normalized spacial score (nSPS) is 11.3. The Morgan fingerprint density at radius 3 is 2.60 bits per heavy atom. The summed E-state index contributed by atoms with van der Waals surface area (Å²) in [5.41, 5.74) is 6.92. The SMILES string of the molecule is COc1cc(C)c(N)cc1S(=O)(=O)Nc1ncc(C)s1. The molecule has 1 aromatic carbocycles. The van der Waals surface area contributed by atoms with Crippen molar-refractivity contribution in [3.05, 3.63) is 28.8 Å². The second-order valence-electron chi connectivity index (χ2n) is 4.24. The number of hydrogen-bond donors (Lipinski definition) is 2. The van der Waals surface area contributed by atoms with Gasteiger partial charge in [-0.05, 0) is 31.5 Å². The number of benzene rings is 1. The van der Waals surface area contributed by atoms with E-state index in [1.165, 1.54) is 24.5 Å². The Morgan fingerprint density at radius 1 is 1.35 bits per heavy atom. The van der Waals surface area contributed by atoms with E-state index in [4.69, 9.17) is 10.5 Å². The van der Waals surface area contributed by atoms with Crippen LogP contribution in [0.15, 0.2) is 23.2 Å². The van der Waals surface area contributed by atoms with Crippen LogP contribution in [0, 0.1) is 13.8 Å². The Bertz CT molecular complexity index is 738. The van der Waals surface area contributed by atoms with E-state index in [0.29, 0.717) is 10.8 Å². The van der Waals surface area contributed by atoms with E-state index in [2.05, 4.69) is 9.71 Å². The number of aryl methyl sites for hydroxylation is 2. The fourth-order valence-corrected chi connectivity index (χ4v) is 3.71. The van der Waals surface area contributed by atoms with E-state index in [0.717, 1.165) is 10.4 Å². The monoisotopic (exact) mass is 313 g/mol. The maximum Gasteiger partial charge on any atom is 0.267 e. The Hall–Kier alpha value is -1.80. The summed E-state index contributed by atoms with van der Waals surface area (Å²) in [4.78, 5) is 4.89. The van der Waals surface area contributed by atoms with Gasteiger partial charge >= 0.3 is 0 Å². The Labute approximate surface area is 121 Å². The predicted octanol–water partition coefficient (Wildman–Crippen LogP) is 2.15. The largest absolute Gasteiger partial charge is 0.495 e. The highest BCUT2D eigenvalue weighted by atomic mass is 32.2. The average Bonchev–Trinajstić information content (AvgIpc) is 2.76. The molecule has 3 N–H and O–H groups in total. The molecular weight excluding hydrogens is 298 g/mol. The van der Waals surface area contributed by atoms with Crippen molar-refractivity contribution in [1.82, 2.24) is 4.98 Å². The first-order valence-electron chi connectivity index (χ1n) is 5.73. The van der Waals surface area contributed by atoms with Gasteiger partial charge in [-0.2, -0.15) is 0 Å². The molecule has 0 aliphatic carbocycles. The van der Waals surface area contributed by atoms with Crippen LogP contribution in [0.2, 0.25) is 0 Å². The van der Waals surface area contributed by atoms with Gasteiger partial charge in [-0.1, -0.05) is 0 Å². The van der Waals surface area contributed by atoms with E-state index in [-0.39, 0.29) is 10.6 Å². The van der Waals surface area contributed by atoms with Crippen LogP contribution in [0.4, 0.5) is 10.8 Å². The van der Waals surface area contributed by atoms with Gasteiger partial charge < -0.3 is 10.5 Å². The summed E-state index contributed by atoms with van der Waals surface area (Å²) in [6, 6.07) is 2.98. The van der Waals surface area contributed by atoms with Crippen molar-refractivity contribution in [2.75, 3.05) is 17.6 Å². The van der Waals surface area contributed by atoms with Gasteiger partial charge in [0.2, 0.25) is 0 Å². The van der Waals surface area contributed by atoms with Crippen LogP contribution in [0.25, 0.3) is 0 Å². The summed E-state index contributed by atoms with van der Waals surface area (Å²) in [6.07, 6.45) is 1.60. The zero-order valence-electron chi connectivity index (χ0n) is 11.3. The van der Waals surface area contributed by atoms with Gasteiger partial charge in [0.1, 0.15) is 10.6 Å². The van der Waals surface area contributed by atoms with E-state index in [9.17, 15) is 8.42 Å². The molecule has 0 bridgehead atoms. The van der Waals surface area contributed by atoms with Crippen molar-refractivity contribution >= 4 is 32.2 Å². The number of ether oxygens (including phenoxy) is 1. The molecule has 0 aliphatic rings. The van der Waals surface area contributed by atoms with E-state index in [1.54, 1.807) is 19.2 Å². The molecule has 8 heteroatoms. The molecule has 0 atom stereocenters. The standard InChI is InChI=1S/C12H15N3O3S2/c1-7-4-10(18-3)11(5-9(7)13)20(16,17)15-12-14-6-8(2)19-12/h4-6H,13H2,1-3H3,(H,14,15). The molecule has 1 aromatic heterocycles. The molecule has 20 heavy (non-hydrogen) atoms. The average molecular weight is 313 g/mol. The number of nitrogens with one attached hydrogen (secondary N) is 1. The smallest absolute Gasteiger partial charge is 0.267 e. The number of anilines is 2. The summed E-state index contributed by atoms with van der Waals surface area (Å²) in [5, 5.41) is 0.309. The molecule has 0 saturated heterocycles. The van der Waals surface area contributed by atoms with Gasteiger partial charge in [-0.15, -0.1) is 11.3 Å². The quantitative estimate of drug-likeness (QED) is 0.843. The Balaban J connectivity index is 2.46. The predicted molar refractivity (Wildman–Crippen MR) is 79.8 cm³/mol. The number of sulfonamides is 1. The summed E-state index contributed by atoms with van der Waals surface area (Å²) in [7, 11) is -2.37. The summed E-state index contributed by atoms with van der Waals surface area (Å²) in [6.45, 7) is 3.63. The van der Waals surface area contributed by atoms with Crippen LogP contribution in [0.5, 0.6) is 5.75 Å². The molecule has 6 nitrogen and oxygen atoms in total. The molecule has 2 aromatic rings. The van der Waals surface area contributed by atoms with Gasteiger partial charge in [0.25, 0.3) is 10.0 Å². The molecule has 0 amide bonds.